The number of methoxy groups -OCH3 is 4. The molecule has 0 aliphatic carbocycles. The Balaban J connectivity index is 1.33. The highest BCUT2D eigenvalue weighted by Crippen LogP contribution is 2.52. The molecule has 5 aromatic carbocycles. The van der Waals surface area contributed by atoms with Gasteiger partial charge in [0.05, 0.1) is 28.4 Å². The Hall–Kier alpha value is -5.38. The molecule has 9 heteroatoms. The van der Waals surface area contributed by atoms with Gasteiger partial charge < -0.3 is 33.2 Å². The lowest BCUT2D eigenvalue weighted by Crippen LogP contribution is -2.34. The molecule has 9 rings (SSSR count). The number of hydrogen-bond donors (Lipinski definition) is 0. The molecule has 0 aromatic heterocycles. The minimum Gasteiger partial charge on any atom is -0.497 e. The molecule has 280 valence electrons. The number of hydrogen-bond acceptors (Lipinski definition) is 9. The molecule has 9 nitrogen and oxygen atoms in total. The third-order valence-electron chi connectivity index (χ3n) is 11.2. The summed E-state index contributed by atoms with van der Waals surface area (Å²) in [5.41, 5.74) is 8.04. The molecule has 0 saturated carbocycles. The van der Waals surface area contributed by atoms with Gasteiger partial charge in [-0.15, -0.1) is 0 Å². The van der Waals surface area contributed by atoms with E-state index in [0.717, 1.165) is 66.1 Å². The van der Waals surface area contributed by atoms with Crippen LogP contribution < -0.4 is 33.2 Å². The highest BCUT2D eigenvalue weighted by atomic mass is 16.6. The van der Waals surface area contributed by atoms with Gasteiger partial charge in [0, 0.05) is 30.7 Å². The van der Waals surface area contributed by atoms with Crippen molar-refractivity contribution < 1.29 is 33.2 Å². The lowest BCUT2D eigenvalue weighted by molar-refractivity contribution is 0.216. The van der Waals surface area contributed by atoms with Crippen molar-refractivity contribution in [3.63, 3.8) is 0 Å². The lowest BCUT2D eigenvalue weighted by Gasteiger charge is -2.37. The minimum absolute atomic E-state index is 0.0556. The highest BCUT2D eigenvalue weighted by Gasteiger charge is 2.35. The molecule has 54 heavy (non-hydrogen) atoms. The molecule has 4 aliphatic rings. The van der Waals surface area contributed by atoms with Gasteiger partial charge in [0.1, 0.15) is 18.1 Å². The zero-order valence-electron chi connectivity index (χ0n) is 31.9. The molecule has 0 amide bonds. The summed E-state index contributed by atoms with van der Waals surface area (Å²) in [5, 5.41) is 0. The average molecular weight is 729 g/mol. The van der Waals surface area contributed by atoms with E-state index >= 15 is 0 Å². The van der Waals surface area contributed by atoms with Crippen molar-refractivity contribution in [2.75, 3.05) is 55.6 Å². The van der Waals surface area contributed by atoms with Crippen LogP contribution in [0.5, 0.6) is 51.7 Å². The van der Waals surface area contributed by atoms with Crippen LogP contribution in [-0.4, -0.2) is 65.4 Å². The number of rotatable bonds is 7. The molecule has 4 aliphatic heterocycles. The standard InChI is InChI=1S/C45H48N2O7/c1-46-19-17-31-24-39(50-5)41-26-35(31)36(46)21-28-7-14-34(15-8-28)53-40-23-30(11-16-38(40)49-4)22-37-43-32(18-20-47(37)2)25-42(51-6)44(45(43)54-41)52-27-29-9-12-33(48-3)13-10-29/h7-16,23-26,36-37H,17-22,27H2,1-6H3. The lowest BCUT2D eigenvalue weighted by atomic mass is 9.87. The molecular weight excluding hydrogens is 681 g/mol. The minimum atomic E-state index is -0.0556. The van der Waals surface area contributed by atoms with Crippen molar-refractivity contribution in [3.8, 4) is 51.7 Å². The fourth-order valence-corrected chi connectivity index (χ4v) is 8.10. The van der Waals surface area contributed by atoms with E-state index < -0.39 is 0 Å². The Labute approximate surface area is 317 Å². The molecule has 0 saturated heterocycles. The first-order valence-corrected chi connectivity index (χ1v) is 18.6. The first-order valence-electron chi connectivity index (χ1n) is 18.6. The van der Waals surface area contributed by atoms with Gasteiger partial charge in [0.2, 0.25) is 5.75 Å². The van der Waals surface area contributed by atoms with E-state index in [0.29, 0.717) is 53.3 Å². The predicted octanol–water partition coefficient (Wildman–Crippen LogP) is 8.74. The monoisotopic (exact) mass is 728 g/mol. The number of nitrogens with zero attached hydrogens (tertiary/aromatic N) is 2. The van der Waals surface area contributed by atoms with Crippen LogP contribution in [0, 0.1) is 0 Å². The zero-order valence-corrected chi connectivity index (χ0v) is 31.9. The van der Waals surface area contributed by atoms with Crippen LogP contribution in [0.1, 0.15) is 51.0 Å². The summed E-state index contributed by atoms with van der Waals surface area (Å²) in [6, 6.07) is 29.1. The van der Waals surface area contributed by atoms with Gasteiger partial charge in [-0.2, -0.15) is 0 Å². The largest absolute Gasteiger partial charge is 0.497 e. The maximum atomic E-state index is 7.24. The van der Waals surface area contributed by atoms with Crippen molar-refractivity contribution in [2.45, 2.75) is 44.4 Å². The second-order valence-corrected chi connectivity index (χ2v) is 14.4. The Morgan fingerprint density at radius 3 is 1.98 bits per heavy atom. The summed E-state index contributed by atoms with van der Waals surface area (Å²) >= 11 is 0. The highest BCUT2D eigenvalue weighted by molar-refractivity contribution is 5.64. The number of likely N-dealkylation sites (N-methyl/N-ethyl adjacent to an activating group) is 2. The van der Waals surface area contributed by atoms with Gasteiger partial charge in [-0.3, -0.25) is 9.80 Å². The Morgan fingerprint density at radius 1 is 0.611 bits per heavy atom. The Kier molecular flexibility index (Phi) is 10.0. The summed E-state index contributed by atoms with van der Waals surface area (Å²) in [4.78, 5) is 4.82. The van der Waals surface area contributed by atoms with Crippen LogP contribution >= 0.6 is 0 Å². The van der Waals surface area contributed by atoms with Gasteiger partial charge in [-0.05, 0) is 128 Å². The van der Waals surface area contributed by atoms with Crippen LogP contribution in [0.25, 0.3) is 0 Å². The maximum Gasteiger partial charge on any atom is 0.204 e. The van der Waals surface area contributed by atoms with E-state index in [4.69, 9.17) is 33.2 Å². The summed E-state index contributed by atoms with van der Waals surface area (Å²) in [6.07, 6.45) is 3.27. The summed E-state index contributed by atoms with van der Waals surface area (Å²) < 4.78 is 43.9. The topological polar surface area (TPSA) is 71.1 Å². The molecule has 5 aromatic rings. The smallest absolute Gasteiger partial charge is 0.204 e. The van der Waals surface area contributed by atoms with Gasteiger partial charge in [-0.25, -0.2) is 0 Å². The van der Waals surface area contributed by atoms with E-state index in [-0.39, 0.29) is 12.1 Å². The van der Waals surface area contributed by atoms with Crippen LogP contribution in [0.3, 0.4) is 0 Å². The normalized spacial score (nSPS) is 18.0. The fraction of sp³-hybridized carbons (Fsp3) is 0.333. The van der Waals surface area contributed by atoms with Crippen molar-refractivity contribution >= 4 is 0 Å². The molecule has 6 bridgehead atoms. The van der Waals surface area contributed by atoms with E-state index in [1.807, 2.05) is 30.3 Å². The Morgan fingerprint density at radius 2 is 1.26 bits per heavy atom. The van der Waals surface area contributed by atoms with Crippen molar-refractivity contribution in [1.82, 2.24) is 9.80 Å². The van der Waals surface area contributed by atoms with E-state index in [1.54, 1.807) is 28.4 Å². The van der Waals surface area contributed by atoms with Crippen LogP contribution in [-0.2, 0) is 32.3 Å². The second kappa shape index (κ2) is 15.2. The van der Waals surface area contributed by atoms with E-state index in [9.17, 15) is 0 Å². The Bertz CT molecular complexity index is 2130. The number of fused-ring (bicyclic) bond motifs is 2. The molecule has 0 radical (unpaired) electrons. The SMILES string of the molecule is COc1ccc(COc2c(OC)cc3c4c2Oc2cc5c(cc2OC)CCN(C)C5Cc2ccc(cc2)Oc2cc(ccc2OC)CC4N(C)CC3)cc1. The quantitative estimate of drug-likeness (QED) is 0.164. The number of benzene rings is 5. The first kappa shape index (κ1) is 35.6. The van der Waals surface area contributed by atoms with Gasteiger partial charge in [-0.1, -0.05) is 30.3 Å². The van der Waals surface area contributed by atoms with Crippen LogP contribution in [0.2, 0.25) is 0 Å². The molecular formula is C45H48N2O7. The van der Waals surface area contributed by atoms with Crippen molar-refractivity contribution in [3.05, 3.63) is 124 Å². The van der Waals surface area contributed by atoms with Crippen molar-refractivity contribution in [1.29, 1.82) is 0 Å². The fourth-order valence-electron chi connectivity index (χ4n) is 8.10. The van der Waals surface area contributed by atoms with Crippen molar-refractivity contribution in [2.24, 2.45) is 0 Å². The van der Waals surface area contributed by atoms with E-state index in [2.05, 4.69) is 78.5 Å². The third-order valence-corrected chi connectivity index (χ3v) is 11.2. The predicted molar refractivity (Wildman–Crippen MR) is 208 cm³/mol. The summed E-state index contributed by atoms with van der Waals surface area (Å²) in [7, 11) is 11.1. The summed E-state index contributed by atoms with van der Waals surface area (Å²) in [5.74, 6) is 6.05. The van der Waals surface area contributed by atoms with Crippen LogP contribution in [0.4, 0.5) is 0 Å². The molecule has 0 fully saturated rings. The number of ether oxygens (including phenoxy) is 7. The summed E-state index contributed by atoms with van der Waals surface area (Å²) in [6.45, 7) is 2.12. The first-order chi connectivity index (χ1) is 26.3. The molecule has 0 N–H and O–H groups in total. The molecule has 0 spiro atoms. The van der Waals surface area contributed by atoms with Crippen LogP contribution in [0.15, 0.2) is 84.9 Å². The second-order valence-electron chi connectivity index (χ2n) is 14.4. The van der Waals surface area contributed by atoms with Gasteiger partial charge in [0.15, 0.2) is 34.5 Å². The third kappa shape index (κ3) is 6.90. The zero-order chi connectivity index (χ0) is 37.3. The van der Waals surface area contributed by atoms with Gasteiger partial charge >= 0.3 is 0 Å². The molecule has 2 atom stereocenters. The average Bonchev–Trinajstić information content (AvgIpc) is 3.20. The molecule has 4 heterocycles. The molecule has 2 unspecified atom stereocenters. The van der Waals surface area contributed by atoms with Gasteiger partial charge in [0.25, 0.3) is 0 Å². The maximum absolute atomic E-state index is 7.24. The van der Waals surface area contributed by atoms with E-state index in [1.165, 1.54) is 16.7 Å².